The van der Waals surface area contributed by atoms with Gasteiger partial charge >= 0.3 is 5.97 Å². The summed E-state index contributed by atoms with van der Waals surface area (Å²) in [5.41, 5.74) is -0.0428. The van der Waals surface area contributed by atoms with Crippen LogP contribution < -0.4 is 0 Å². The lowest BCUT2D eigenvalue weighted by Gasteiger charge is -2.12. The average molecular weight is 202 g/mol. The molecule has 0 aromatic carbocycles. The van der Waals surface area contributed by atoms with E-state index in [1.54, 1.807) is 7.11 Å². The highest BCUT2D eigenvalue weighted by Crippen LogP contribution is 2.48. The minimum Gasteiger partial charge on any atom is -0.481 e. The van der Waals surface area contributed by atoms with Crippen LogP contribution in [0.15, 0.2) is 0 Å². The topological polar surface area (TPSA) is 55.8 Å². The second-order valence-electron chi connectivity index (χ2n) is 3.97. The van der Waals surface area contributed by atoms with E-state index in [1.165, 1.54) is 0 Å². The number of carbonyl (C=O) groups is 1. The van der Waals surface area contributed by atoms with Gasteiger partial charge in [0.1, 0.15) is 0 Å². The Hall–Kier alpha value is -0.610. The van der Waals surface area contributed by atoms with Gasteiger partial charge in [0.05, 0.1) is 13.0 Å². The first-order chi connectivity index (χ1) is 6.68. The van der Waals surface area contributed by atoms with Gasteiger partial charge in [0.15, 0.2) is 0 Å². The Kier molecular flexibility index (Phi) is 4.35. The third kappa shape index (κ3) is 4.07. The Morgan fingerprint density at radius 3 is 2.64 bits per heavy atom. The van der Waals surface area contributed by atoms with Gasteiger partial charge in [0.2, 0.25) is 0 Å². The summed E-state index contributed by atoms with van der Waals surface area (Å²) in [4.78, 5) is 10.5. The molecule has 0 bridgehead atoms. The van der Waals surface area contributed by atoms with Gasteiger partial charge in [0.25, 0.3) is 0 Å². The van der Waals surface area contributed by atoms with Crippen molar-refractivity contribution in [3.63, 3.8) is 0 Å². The van der Waals surface area contributed by atoms with Crippen LogP contribution in [0.4, 0.5) is 0 Å². The molecule has 82 valence electrons. The average Bonchev–Trinajstić information content (AvgIpc) is 2.84. The monoisotopic (exact) mass is 202 g/mol. The summed E-state index contributed by atoms with van der Waals surface area (Å²) in [5.74, 6) is -0.719. The zero-order chi connectivity index (χ0) is 10.4. The molecule has 14 heavy (non-hydrogen) atoms. The largest absolute Gasteiger partial charge is 0.481 e. The molecule has 0 aromatic rings. The smallest absolute Gasteiger partial charge is 0.303 e. The fourth-order valence-corrected chi connectivity index (χ4v) is 1.46. The van der Waals surface area contributed by atoms with Crippen molar-refractivity contribution < 1.29 is 19.4 Å². The zero-order valence-corrected chi connectivity index (χ0v) is 8.62. The van der Waals surface area contributed by atoms with E-state index in [4.69, 9.17) is 14.6 Å². The Bertz CT molecular complexity index is 187. The molecule has 0 radical (unpaired) electrons. The highest BCUT2D eigenvalue weighted by Gasteiger charge is 2.44. The van der Waals surface area contributed by atoms with Crippen molar-refractivity contribution in [1.82, 2.24) is 0 Å². The fraction of sp³-hybridized carbons (Fsp3) is 0.900. The molecular formula is C10H18O4. The van der Waals surface area contributed by atoms with E-state index in [1.807, 2.05) is 0 Å². The van der Waals surface area contributed by atoms with Gasteiger partial charge in [-0.25, -0.2) is 0 Å². The van der Waals surface area contributed by atoms with Gasteiger partial charge in [-0.3, -0.25) is 4.79 Å². The molecule has 0 heterocycles. The summed E-state index contributed by atoms with van der Waals surface area (Å²) < 4.78 is 10.3. The molecule has 1 fully saturated rings. The second kappa shape index (κ2) is 5.32. The first kappa shape index (κ1) is 11.5. The maximum absolute atomic E-state index is 10.5. The van der Waals surface area contributed by atoms with E-state index in [0.717, 1.165) is 19.3 Å². The maximum Gasteiger partial charge on any atom is 0.303 e. The van der Waals surface area contributed by atoms with E-state index < -0.39 is 5.97 Å². The number of methoxy groups -OCH3 is 1. The minimum absolute atomic E-state index is 0.0428. The fourth-order valence-electron chi connectivity index (χ4n) is 1.46. The van der Waals surface area contributed by atoms with Crippen molar-refractivity contribution in [2.24, 2.45) is 5.41 Å². The molecule has 0 amide bonds. The molecule has 4 nitrogen and oxygen atoms in total. The van der Waals surface area contributed by atoms with E-state index in [2.05, 4.69) is 0 Å². The van der Waals surface area contributed by atoms with Gasteiger partial charge in [-0.2, -0.15) is 0 Å². The van der Waals surface area contributed by atoms with Gasteiger partial charge in [0, 0.05) is 25.7 Å². The lowest BCUT2D eigenvalue weighted by atomic mass is 10.0. The molecular weight excluding hydrogens is 184 g/mol. The van der Waals surface area contributed by atoms with Crippen LogP contribution in [0.1, 0.15) is 25.7 Å². The molecule has 4 heteroatoms. The lowest BCUT2D eigenvalue weighted by Crippen LogP contribution is -2.16. The number of ether oxygens (including phenoxy) is 2. The second-order valence-corrected chi connectivity index (χ2v) is 3.97. The minimum atomic E-state index is -0.719. The van der Waals surface area contributed by atoms with Gasteiger partial charge in [-0.05, 0) is 19.3 Å². The van der Waals surface area contributed by atoms with Crippen LogP contribution in [0.5, 0.6) is 0 Å². The van der Waals surface area contributed by atoms with Crippen molar-refractivity contribution >= 4 is 5.97 Å². The standard InChI is InChI=1S/C10H18O4/c1-13-5-2-6-14-8-10(3-4-10)7-9(11)12/h2-8H2,1H3,(H,11,12). The Balaban J connectivity index is 2.03. The molecule has 0 spiro atoms. The predicted molar refractivity (Wildman–Crippen MR) is 51.2 cm³/mol. The van der Waals surface area contributed by atoms with Gasteiger partial charge in [-0.1, -0.05) is 0 Å². The highest BCUT2D eigenvalue weighted by atomic mass is 16.5. The molecule has 1 N–H and O–H groups in total. The molecule has 1 saturated carbocycles. The molecule has 1 aliphatic carbocycles. The number of hydrogen-bond acceptors (Lipinski definition) is 3. The normalized spacial score (nSPS) is 18.1. The number of aliphatic carboxylic acids is 1. The summed E-state index contributed by atoms with van der Waals surface area (Å²) in [6.45, 7) is 1.95. The first-order valence-electron chi connectivity index (χ1n) is 4.97. The highest BCUT2D eigenvalue weighted by molar-refractivity contribution is 5.68. The van der Waals surface area contributed by atoms with Crippen LogP contribution in [0.25, 0.3) is 0 Å². The summed E-state index contributed by atoms with van der Waals surface area (Å²) in [6.07, 6.45) is 3.10. The third-order valence-corrected chi connectivity index (χ3v) is 2.53. The zero-order valence-electron chi connectivity index (χ0n) is 8.62. The van der Waals surface area contributed by atoms with Crippen LogP contribution in [-0.2, 0) is 14.3 Å². The van der Waals surface area contributed by atoms with Crippen LogP contribution in [0.2, 0.25) is 0 Å². The van der Waals surface area contributed by atoms with Gasteiger partial charge in [-0.15, -0.1) is 0 Å². The van der Waals surface area contributed by atoms with Crippen molar-refractivity contribution in [1.29, 1.82) is 0 Å². The summed E-state index contributed by atoms with van der Waals surface area (Å²) in [5, 5.41) is 8.65. The Morgan fingerprint density at radius 2 is 2.14 bits per heavy atom. The number of rotatable bonds is 8. The Morgan fingerprint density at radius 1 is 1.43 bits per heavy atom. The van der Waals surface area contributed by atoms with Crippen molar-refractivity contribution in [3.05, 3.63) is 0 Å². The van der Waals surface area contributed by atoms with E-state index >= 15 is 0 Å². The van der Waals surface area contributed by atoms with E-state index in [0.29, 0.717) is 19.8 Å². The van der Waals surface area contributed by atoms with Crippen LogP contribution in [0.3, 0.4) is 0 Å². The van der Waals surface area contributed by atoms with Crippen molar-refractivity contribution in [2.75, 3.05) is 26.9 Å². The Labute approximate surface area is 84.2 Å². The van der Waals surface area contributed by atoms with Crippen LogP contribution >= 0.6 is 0 Å². The van der Waals surface area contributed by atoms with E-state index in [-0.39, 0.29) is 11.8 Å². The lowest BCUT2D eigenvalue weighted by molar-refractivity contribution is -0.139. The first-order valence-corrected chi connectivity index (χ1v) is 4.97. The number of carboxylic acids is 1. The molecule has 0 aliphatic heterocycles. The molecule has 0 aromatic heterocycles. The summed E-state index contributed by atoms with van der Waals surface area (Å²) in [7, 11) is 1.66. The van der Waals surface area contributed by atoms with Crippen LogP contribution in [0, 0.1) is 5.41 Å². The van der Waals surface area contributed by atoms with Crippen molar-refractivity contribution in [2.45, 2.75) is 25.7 Å². The van der Waals surface area contributed by atoms with Crippen molar-refractivity contribution in [3.8, 4) is 0 Å². The molecule has 0 unspecified atom stereocenters. The number of hydrogen-bond donors (Lipinski definition) is 1. The van der Waals surface area contributed by atoms with E-state index in [9.17, 15) is 4.79 Å². The maximum atomic E-state index is 10.5. The molecule has 1 aliphatic rings. The SMILES string of the molecule is COCCCOCC1(CC(=O)O)CC1. The van der Waals surface area contributed by atoms with Crippen LogP contribution in [-0.4, -0.2) is 38.0 Å². The summed E-state index contributed by atoms with van der Waals surface area (Å²) >= 11 is 0. The molecule has 1 rings (SSSR count). The number of carboxylic acid groups (broad SMARTS) is 1. The quantitative estimate of drug-likeness (QED) is 0.603. The predicted octanol–water partition coefficient (Wildman–Crippen LogP) is 1.29. The molecule has 0 atom stereocenters. The third-order valence-electron chi connectivity index (χ3n) is 2.53. The van der Waals surface area contributed by atoms with Gasteiger partial charge < -0.3 is 14.6 Å². The molecule has 0 saturated heterocycles. The summed E-state index contributed by atoms with van der Waals surface area (Å²) in [6, 6.07) is 0.